The lowest BCUT2D eigenvalue weighted by Gasteiger charge is -2.30. The number of carbonyl (C=O) groups excluding carboxylic acids is 1. The number of nitrogens with two attached hydrogens (primary N) is 2. The predicted octanol–water partition coefficient (Wildman–Crippen LogP) is 3.08. The number of carbonyl (C=O) groups is 1. The zero-order chi connectivity index (χ0) is 21.7. The Kier molecular flexibility index (Phi) is 7.05. The number of primary amides is 1. The molecule has 0 heterocycles. The third-order valence-electron chi connectivity index (χ3n) is 5.67. The molecule has 0 radical (unpaired) electrons. The van der Waals surface area contributed by atoms with Crippen LogP contribution in [0.15, 0.2) is 30.3 Å². The molecule has 1 aliphatic carbocycles. The molecule has 0 saturated heterocycles. The number of amides is 1. The van der Waals surface area contributed by atoms with E-state index in [4.69, 9.17) is 25.7 Å². The van der Waals surface area contributed by atoms with Crippen LogP contribution in [0.25, 0.3) is 0 Å². The van der Waals surface area contributed by atoms with Gasteiger partial charge in [0.2, 0.25) is 11.7 Å². The molecule has 5 N–H and O–H groups in total. The standard InChI is InChI=1S/C23H31N3O4/c1-28-19-13-16(12-14-4-6-15(7-5-14)23(25)27)20(22(30-3)21(19)29-2)26-18-10-8-17(24)9-11-18/h4-7,13,17-18,26H,8-12,24H2,1-3H3,(H2,25,27). The molecule has 0 bridgehead atoms. The second-order valence-electron chi connectivity index (χ2n) is 7.67. The Morgan fingerprint density at radius 1 is 1.00 bits per heavy atom. The van der Waals surface area contributed by atoms with Crippen LogP contribution in [0.4, 0.5) is 5.69 Å². The van der Waals surface area contributed by atoms with Crippen LogP contribution in [0.3, 0.4) is 0 Å². The van der Waals surface area contributed by atoms with Crippen LogP contribution >= 0.6 is 0 Å². The van der Waals surface area contributed by atoms with Gasteiger partial charge in [-0.15, -0.1) is 0 Å². The van der Waals surface area contributed by atoms with Crippen molar-refractivity contribution in [2.24, 2.45) is 11.5 Å². The molecule has 2 aromatic rings. The lowest BCUT2D eigenvalue weighted by atomic mass is 9.91. The van der Waals surface area contributed by atoms with Gasteiger partial charge >= 0.3 is 0 Å². The Balaban J connectivity index is 1.99. The van der Waals surface area contributed by atoms with Crippen LogP contribution in [-0.4, -0.2) is 39.3 Å². The van der Waals surface area contributed by atoms with Crippen LogP contribution in [-0.2, 0) is 6.42 Å². The number of benzene rings is 2. The Bertz CT molecular complexity index is 875. The second kappa shape index (κ2) is 9.71. The topological polar surface area (TPSA) is 109 Å². The Morgan fingerprint density at radius 3 is 2.17 bits per heavy atom. The summed E-state index contributed by atoms with van der Waals surface area (Å²) < 4.78 is 16.9. The third kappa shape index (κ3) is 4.79. The van der Waals surface area contributed by atoms with Gasteiger partial charge in [-0.05, 0) is 61.4 Å². The van der Waals surface area contributed by atoms with Gasteiger partial charge in [-0.1, -0.05) is 12.1 Å². The molecule has 0 spiro atoms. The molecule has 2 aromatic carbocycles. The average Bonchev–Trinajstić information content (AvgIpc) is 2.76. The molecule has 0 unspecified atom stereocenters. The summed E-state index contributed by atoms with van der Waals surface area (Å²) in [7, 11) is 4.84. The first-order chi connectivity index (χ1) is 14.5. The summed E-state index contributed by atoms with van der Waals surface area (Å²) in [5, 5.41) is 3.68. The van der Waals surface area contributed by atoms with Crippen molar-refractivity contribution in [3.8, 4) is 17.2 Å². The van der Waals surface area contributed by atoms with Gasteiger partial charge in [-0.25, -0.2) is 0 Å². The molecule has 0 aromatic heterocycles. The van der Waals surface area contributed by atoms with Gasteiger partial charge in [0, 0.05) is 17.6 Å². The molecular weight excluding hydrogens is 382 g/mol. The van der Waals surface area contributed by atoms with Crippen LogP contribution in [0.5, 0.6) is 17.2 Å². The van der Waals surface area contributed by atoms with Gasteiger partial charge in [-0.2, -0.15) is 0 Å². The molecule has 1 aliphatic rings. The van der Waals surface area contributed by atoms with Gasteiger partial charge in [0.25, 0.3) is 0 Å². The van der Waals surface area contributed by atoms with Crippen molar-refractivity contribution in [3.63, 3.8) is 0 Å². The minimum absolute atomic E-state index is 0.276. The summed E-state index contributed by atoms with van der Waals surface area (Å²) in [5.41, 5.74) is 14.9. The van der Waals surface area contributed by atoms with E-state index >= 15 is 0 Å². The number of nitrogens with one attached hydrogen (secondary N) is 1. The fourth-order valence-corrected chi connectivity index (χ4v) is 3.98. The highest BCUT2D eigenvalue weighted by Gasteiger charge is 2.25. The number of ether oxygens (including phenoxy) is 3. The molecule has 7 heteroatoms. The number of hydrogen-bond donors (Lipinski definition) is 3. The molecule has 7 nitrogen and oxygen atoms in total. The fraction of sp³-hybridized carbons (Fsp3) is 0.435. The lowest BCUT2D eigenvalue weighted by molar-refractivity contribution is 0.100. The van der Waals surface area contributed by atoms with Crippen molar-refractivity contribution in [1.29, 1.82) is 0 Å². The maximum Gasteiger partial charge on any atom is 0.248 e. The van der Waals surface area contributed by atoms with E-state index in [1.807, 2.05) is 18.2 Å². The SMILES string of the molecule is COc1cc(Cc2ccc(C(N)=O)cc2)c(NC2CCC(N)CC2)c(OC)c1OC. The van der Waals surface area contributed by atoms with Crippen molar-refractivity contribution >= 4 is 11.6 Å². The summed E-state index contributed by atoms with van der Waals surface area (Å²) in [6, 6.07) is 9.86. The largest absolute Gasteiger partial charge is 0.493 e. The van der Waals surface area contributed by atoms with Gasteiger partial charge in [-0.3, -0.25) is 4.79 Å². The normalized spacial score (nSPS) is 18.5. The van der Waals surface area contributed by atoms with E-state index < -0.39 is 5.91 Å². The maximum atomic E-state index is 11.4. The van der Waals surface area contributed by atoms with Gasteiger partial charge < -0.3 is 31.0 Å². The molecular formula is C23H31N3O4. The molecule has 3 rings (SSSR count). The molecule has 30 heavy (non-hydrogen) atoms. The first kappa shape index (κ1) is 21.8. The molecule has 1 fully saturated rings. The third-order valence-corrected chi connectivity index (χ3v) is 5.67. The van der Waals surface area contributed by atoms with E-state index in [0.29, 0.717) is 35.3 Å². The molecule has 0 aliphatic heterocycles. The highest BCUT2D eigenvalue weighted by molar-refractivity contribution is 5.92. The van der Waals surface area contributed by atoms with Gasteiger partial charge in [0.15, 0.2) is 11.5 Å². The Labute approximate surface area is 177 Å². The van der Waals surface area contributed by atoms with Crippen LogP contribution < -0.4 is 31.0 Å². The summed E-state index contributed by atoms with van der Waals surface area (Å²) in [6.07, 6.45) is 4.63. The van der Waals surface area contributed by atoms with Gasteiger partial charge in [0.05, 0.1) is 27.0 Å². The number of rotatable bonds is 8. The van der Waals surface area contributed by atoms with E-state index in [0.717, 1.165) is 42.5 Å². The monoisotopic (exact) mass is 413 g/mol. The predicted molar refractivity (Wildman–Crippen MR) is 118 cm³/mol. The van der Waals surface area contributed by atoms with Crippen molar-refractivity contribution in [2.75, 3.05) is 26.6 Å². The molecule has 162 valence electrons. The smallest absolute Gasteiger partial charge is 0.248 e. The number of anilines is 1. The van der Waals surface area contributed by atoms with Crippen molar-refractivity contribution in [2.45, 2.75) is 44.2 Å². The highest BCUT2D eigenvalue weighted by Crippen LogP contribution is 2.46. The number of methoxy groups -OCH3 is 3. The first-order valence-corrected chi connectivity index (χ1v) is 10.2. The summed E-state index contributed by atoms with van der Waals surface area (Å²) in [6.45, 7) is 0. The van der Waals surface area contributed by atoms with Crippen LogP contribution in [0, 0.1) is 0 Å². The van der Waals surface area contributed by atoms with Crippen molar-refractivity contribution in [3.05, 3.63) is 47.0 Å². The van der Waals surface area contributed by atoms with E-state index in [-0.39, 0.29) is 6.04 Å². The summed E-state index contributed by atoms with van der Waals surface area (Å²) in [5.74, 6) is 1.35. The quantitative estimate of drug-likeness (QED) is 0.614. The Morgan fingerprint density at radius 2 is 1.63 bits per heavy atom. The van der Waals surface area contributed by atoms with E-state index in [1.54, 1.807) is 33.5 Å². The van der Waals surface area contributed by atoms with Crippen LogP contribution in [0.1, 0.15) is 47.2 Å². The van der Waals surface area contributed by atoms with E-state index in [2.05, 4.69) is 5.32 Å². The highest BCUT2D eigenvalue weighted by atomic mass is 16.5. The van der Waals surface area contributed by atoms with Gasteiger partial charge in [0.1, 0.15) is 0 Å². The fourth-order valence-electron chi connectivity index (χ4n) is 3.98. The molecule has 0 atom stereocenters. The molecule has 1 saturated carbocycles. The average molecular weight is 414 g/mol. The van der Waals surface area contributed by atoms with E-state index in [9.17, 15) is 4.79 Å². The van der Waals surface area contributed by atoms with Crippen molar-refractivity contribution < 1.29 is 19.0 Å². The van der Waals surface area contributed by atoms with Crippen LogP contribution in [0.2, 0.25) is 0 Å². The number of hydrogen-bond acceptors (Lipinski definition) is 6. The summed E-state index contributed by atoms with van der Waals surface area (Å²) >= 11 is 0. The summed E-state index contributed by atoms with van der Waals surface area (Å²) in [4.78, 5) is 11.4. The van der Waals surface area contributed by atoms with E-state index in [1.165, 1.54) is 0 Å². The molecule has 1 amide bonds. The Hall–Kier alpha value is -2.93. The zero-order valence-corrected chi connectivity index (χ0v) is 17.9. The zero-order valence-electron chi connectivity index (χ0n) is 17.9. The lowest BCUT2D eigenvalue weighted by Crippen LogP contribution is -2.33. The second-order valence-corrected chi connectivity index (χ2v) is 7.67. The maximum absolute atomic E-state index is 11.4. The first-order valence-electron chi connectivity index (χ1n) is 10.2. The minimum atomic E-state index is -0.438. The van der Waals surface area contributed by atoms with Crippen molar-refractivity contribution in [1.82, 2.24) is 0 Å². The minimum Gasteiger partial charge on any atom is -0.493 e.